The molecule has 0 radical (unpaired) electrons. The first kappa shape index (κ1) is 10.7. The van der Waals surface area contributed by atoms with Crippen LogP contribution in [0.5, 0.6) is 0 Å². The maximum Gasteiger partial charge on any atom is 0.0972 e. The van der Waals surface area contributed by atoms with E-state index in [0.717, 1.165) is 6.54 Å². The topological polar surface area (TPSA) is 21.3 Å². The van der Waals surface area contributed by atoms with E-state index in [1.165, 1.54) is 12.8 Å². The molecular weight excluding hydrogens is 162 g/mol. The number of rotatable bonds is 5. The summed E-state index contributed by atoms with van der Waals surface area (Å²) >= 11 is 0. The molecule has 0 saturated heterocycles. The van der Waals surface area contributed by atoms with Gasteiger partial charge in [0.15, 0.2) is 0 Å². The second-order valence-electron chi connectivity index (χ2n) is 4.89. The van der Waals surface area contributed by atoms with Crippen molar-refractivity contribution >= 4 is 0 Å². The van der Waals surface area contributed by atoms with Gasteiger partial charge >= 0.3 is 0 Å². The minimum Gasteiger partial charge on any atom is -0.361 e. The molecule has 1 N–H and O–H groups in total. The minimum atomic E-state index is -0.0438. The fourth-order valence-electron chi connectivity index (χ4n) is 1.18. The lowest BCUT2D eigenvalue weighted by atomic mass is 10.1. The van der Waals surface area contributed by atoms with Crippen LogP contribution in [-0.4, -0.2) is 18.9 Å². The minimum absolute atomic E-state index is 0.0438. The van der Waals surface area contributed by atoms with E-state index in [9.17, 15) is 0 Å². The van der Waals surface area contributed by atoms with E-state index in [4.69, 9.17) is 4.74 Å². The van der Waals surface area contributed by atoms with Crippen molar-refractivity contribution in [3.05, 3.63) is 12.7 Å². The van der Waals surface area contributed by atoms with Gasteiger partial charge in [-0.3, -0.25) is 5.32 Å². The Morgan fingerprint density at radius 2 is 2.08 bits per heavy atom. The zero-order valence-electron chi connectivity index (χ0n) is 9.02. The molecule has 1 saturated carbocycles. The summed E-state index contributed by atoms with van der Waals surface area (Å²) in [5.74, 6) is 0. The van der Waals surface area contributed by atoms with Gasteiger partial charge in [-0.25, -0.2) is 0 Å². The van der Waals surface area contributed by atoms with Crippen LogP contribution in [0.25, 0.3) is 0 Å². The Kier molecular flexibility index (Phi) is 3.14. The van der Waals surface area contributed by atoms with Crippen LogP contribution in [0, 0.1) is 5.41 Å². The van der Waals surface area contributed by atoms with E-state index in [-0.39, 0.29) is 5.60 Å². The fraction of sp³-hybridized carbons (Fsp3) is 0.818. The molecule has 13 heavy (non-hydrogen) atoms. The zero-order chi connectivity index (χ0) is 9.95. The fourth-order valence-corrected chi connectivity index (χ4v) is 1.18. The second-order valence-corrected chi connectivity index (χ2v) is 4.89. The molecule has 1 rings (SSSR count). The van der Waals surface area contributed by atoms with E-state index in [1.54, 1.807) is 0 Å². The molecule has 0 aromatic heterocycles. The lowest BCUT2D eigenvalue weighted by Gasteiger charge is -2.20. The number of nitrogens with one attached hydrogen (secondary N) is 1. The van der Waals surface area contributed by atoms with Gasteiger partial charge in [-0.2, -0.15) is 0 Å². The van der Waals surface area contributed by atoms with Crippen LogP contribution in [0.3, 0.4) is 0 Å². The first-order chi connectivity index (χ1) is 5.97. The molecule has 1 fully saturated rings. The third-order valence-electron chi connectivity index (χ3n) is 2.41. The molecule has 0 amide bonds. The Bertz CT molecular complexity index is 177. The van der Waals surface area contributed by atoms with E-state index in [0.29, 0.717) is 12.1 Å². The summed E-state index contributed by atoms with van der Waals surface area (Å²) < 4.78 is 5.55. The highest BCUT2D eigenvalue weighted by Crippen LogP contribution is 2.45. The predicted molar refractivity (Wildman–Crippen MR) is 55.6 cm³/mol. The monoisotopic (exact) mass is 183 g/mol. The Morgan fingerprint density at radius 1 is 1.46 bits per heavy atom. The Morgan fingerprint density at radius 3 is 2.46 bits per heavy atom. The van der Waals surface area contributed by atoms with Crippen LogP contribution < -0.4 is 5.32 Å². The van der Waals surface area contributed by atoms with Crippen molar-refractivity contribution in [3.8, 4) is 0 Å². The molecular formula is C11H21NO. The summed E-state index contributed by atoms with van der Waals surface area (Å²) in [6.45, 7) is 11.7. The molecule has 1 aliphatic carbocycles. The van der Waals surface area contributed by atoms with Gasteiger partial charge in [0.1, 0.15) is 0 Å². The van der Waals surface area contributed by atoms with Crippen molar-refractivity contribution in [2.45, 2.75) is 39.2 Å². The molecule has 0 aromatic rings. The third-order valence-corrected chi connectivity index (χ3v) is 2.41. The van der Waals surface area contributed by atoms with Crippen LogP contribution >= 0.6 is 0 Å². The van der Waals surface area contributed by atoms with Crippen molar-refractivity contribution in [3.63, 3.8) is 0 Å². The van der Waals surface area contributed by atoms with E-state index in [1.807, 2.05) is 0 Å². The van der Waals surface area contributed by atoms with Crippen molar-refractivity contribution in [2.24, 2.45) is 5.41 Å². The van der Waals surface area contributed by atoms with Crippen molar-refractivity contribution in [1.82, 2.24) is 5.32 Å². The quantitative estimate of drug-likeness (QED) is 0.401. The summed E-state index contributed by atoms with van der Waals surface area (Å²) in [4.78, 5) is 0. The first-order valence-corrected chi connectivity index (χ1v) is 4.96. The zero-order valence-corrected chi connectivity index (χ0v) is 9.02. The first-order valence-electron chi connectivity index (χ1n) is 4.96. The van der Waals surface area contributed by atoms with Crippen molar-refractivity contribution in [2.75, 3.05) is 13.3 Å². The molecule has 0 aromatic carbocycles. The van der Waals surface area contributed by atoms with Gasteiger partial charge in [0.05, 0.1) is 12.3 Å². The van der Waals surface area contributed by atoms with Crippen molar-refractivity contribution < 1.29 is 4.74 Å². The number of ether oxygens (including phenoxy) is 1. The third kappa shape index (κ3) is 3.92. The summed E-state index contributed by atoms with van der Waals surface area (Å²) in [5, 5.41) is 3.30. The second kappa shape index (κ2) is 3.81. The van der Waals surface area contributed by atoms with Crippen LogP contribution in [0.1, 0.15) is 33.6 Å². The highest BCUT2D eigenvalue weighted by atomic mass is 16.5. The summed E-state index contributed by atoms with van der Waals surface area (Å²) in [5.41, 5.74) is 0.346. The average molecular weight is 183 g/mol. The average Bonchev–Trinajstić information content (AvgIpc) is 2.78. The van der Waals surface area contributed by atoms with Crippen LogP contribution in [0.2, 0.25) is 0 Å². The van der Waals surface area contributed by atoms with Gasteiger partial charge in [0.25, 0.3) is 0 Å². The normalized spacial score (nSPS) is 19.9. The smallest absolute Gasteiger partial charge is 0.0972 e. The van der Waals surface area contributed by atoms with Gasteiger partial charge in [0.2, 0.25) is 0 Å². The van der Waals surface area contributed by atoms with E-state index in [2.05, 4.69) is 38.7 Å². The van der Waals surface area contributed by atoms with E-state index >= 15 is 0 Å². The lowest BCUT2D eigenvalue weighted by Crippen LogP contribution is -2.30. The molecule has 0 unspecified atom stereocenters. The number of hydrogen-bond acceptors (Lipinski definition) is 2. The lowest BCUT2D eigenvalue weighted by molar-refractivity contribution is -0.0141. The molecule has 76 valence electrons. The van der Waals surface area contributed by atoms with Gasteiger partial charge in [-0.1, -0.05) is 6.08 Å². The molecule has 0 atom stereocenters. The largest absolute Gasteiger partial charge is 0.361 e. The molecule has 2 nitrogen and oxygen atoms in total. The van der Waals surface area contributed by atoms with Crippen LogP contribution in [0.15, 0.2) is 12.7 Å². The molecule has 2 heteroatoms. The van der Waals surface area contributed by atoms with Gasteiger partial charge in [0, 0.05) is 12.0 Å². The molecule has 0 spiro atoms. The van der Waals surface area contributed by atoms with Crippen LogP contribution in [-0.2, 0) is 4.74 Å². The summed E-state index contributed by atoms with van der Waals surface area (Å²) in [7, 11) is 0. The summed E-state index contributed by atoms with van der Waals surface area (Å²) in [6.07, 6.45) is 4.62. The van der Waals surface area contributed by atoms with Gasteiger partial charge in [-0.05, 0) is 33.6 Å². The highest BCUT2D eigenvalue weighted by Gasteiger charge is 2.38. The maximum atomic E-state index is 5.55. The Balaban J connectivity index is 2.05. The number of hydrogen-bond donors (Lipinski definition) is 1. The van der Waals surface area contributed by atoms with E-state index < -0.39 is 0 Å². The van der Waals surface area contributed by atoms with Crippen LogP contribution in [0.4, 0.5) is 0 Å². The molecule has 1 aliphatic rings. The highest BCUT2D eigenvalue weighted by molar-refractivity contribution is 5.06. The van der Waals surface area contributed by atoms with Gasteiger partial charge < -0.3 is 4.74 Å². The van der Waals surface area contributed by atoms with Crippen molar-refractivity contribution in [1.29, 1.82) is 0 Å². The Hall–Kier alpha value is -0.340. The standard InChI is InChI=1S/C11H21NO/c1-5-11(6-7-11)8-12-9-13-10(2,3)4/h5,12H,1,6-9H2,2-4H3. The summed E-state index contributed by atoms with van der Waals surface area (Å²) in [6, 6.07) is 0. The molecule has 0 aliphatic heterocycles. The predicted octanol–water partition coefficient (Wildman–Crippen LogP) is 2.31. The molecule has 0 heterocycles. The Labute approximate surface area is 81.4 Å². The SMILES string of the molecule is C=CC1(CNCOC(C)(C)C)CC1. The molecule has 0 bridgehead atoms. The maximum absolute atomic E-state index is 5.55. The van der Waals surface area contributed by atoms with Gasteiger partial charge in [-0.15, -0.1) is 6.58 Å².